The third kappa shape index (κ3) is 3.71. The summed E-state index contributed by atoms with van der Waals surface area (Å²) in [6.07, 6.45) is 1.90. The second-order valence-electron chi connectivity index (χ2n) is 3.16. The molecule has 1 N–H and O–H groups in total. The first-order chi connectivity index (χ1) is 7.29. The maximum Gasteiger partial charge on any atom is 0.343 e. The molecule has 15 heavy (non-hydrogen) atoms. The van der Waals surface area contributed by atoms with Gasteiger partial charge in [-0.1, -0.05) is 18.7 Å². The summed E-state index contributed by atoms with van der Waals surface area (Å²) in [7, 11) is 1.66. The summed E-state index contributed by atoms with van der Waals surface area (Å²) in [6.45, 7) is 3.43. The monoisotopic (exact) mass is 231 g/mol. The quantitative estimate of drug-likeness (QED) is 0.564. The number of nitrogens with one attached hydrogen (secondary N) is 1. The van der Waals surface area contributed by atoms with E-state index in [9.17, 15) is 4.79 Å². The van der Waals surface area contributed by atoms with Crippen molar-refractivity contribution in [1.29, 1.82) is 0 Å². The smallest absolute Gasteiger partial charge is 0.343 e. The van der Waals surface area contributed by atoms with Crippen molar-refractivity contribution < 1.29 is 4.74 Å². The first-order valence-electron chi connectivity index (χ1n) is 5.06. The van der Waals surface area contributed by atoms with Crippen LogP contribution in [0, 0.1) is 0 Å². The molecule has 0 amide bonds. The lowest BCUT2D eigenvalue weighted by Crippen LogP contribution is -2.18. The number of aromatic nitrogens is 3. The van der Waals surface area contributed by atoms with Crippen LogP contribution in [0.2, 0.25) is 0 Å². The number of H-pyrrole nitrogens is 1. The van der Waals surface area contributed by atoms with E-state index >= 15 is 0 Å². The Labute approximate surface area is 93.2 Å². The van der Waals surface area contributed by atoms with Crippen LogP contribution in [0.3, 0.4) is 0 Å². The summed E-state index contributed by atoms with van der Waals surface area (Å²) < 4.78 is 6.61. The Morgan fingerprint density at radius 2 is 2.40 bits per heavy atom. The summed E-state index contributed by atoms with van der Waals surface area (Å²) in [5.41, 5.74) is -0.135. The normalized spacial score (nSPS) is 10.8. The van der Waals surface area contributed by atoms with Crippen LogP contribution in [-0.2, 0) is 11.3 Å². The molecule has 0 atom stereocenters. The number of ether oxygens (including phenoxy) is 1. The molecule has 5 nitrogen and oxygen atoms in total. The minimum atomic E-state index is -0.135. The number of thioether (sulfide) groups is 1. The fraction of sp³-hybridized carbons (Fsp3) is 0.778. The first kappa shape index (κ1) is 12.3. The van der Waals surface area contributed by atoms with Crippen molar-refractivity contribution in [2.75, 3.05) is 19.5 Å². The number of nitrogens with zero attached hydrogens (tertiary/aromatic N) is 2. The molecule has 0 bridgehead atoms. The van der Waals surface area contributed by atoms with Crippen LogP contribution in [-0.4, -0.2) is 34.2 Å². The average molecular weight is 231 g/mol. The van der Waals surface area contributed by atoms with Gasteiger partial charge in [-0.25, -0.2) is 9.89 Å². The van der Waals surface area contributed by atoms with Gasteiger partial charge in [0.1, 0.15) is 0 Å². The highest BCUT2D eigenvalue weighted by atomic mass is 32.2. The third-order valence-corrected chi connectivity index (χ3v) is 3.07. The molecule has 0 aliphatic heterocycles. The molecule has 86 valence electrons. The van der Waals surface area contributed by atoms with Gasteiger partial charge in [-0.15, -0.1) is 5.10 Å². The van der Waals surface area contributed by atoms with E-state index in [-0.39, 0.29) is 5.69 Å². The summed E-state index contributed by atoms with van der Waals surface area (Å²) >= 11 is 1.61. The number of aromatic amines is 1. The van der Waals surface area contributed by atoms with E-state index in [0.717, 1.165) is 23.8 Å². The molecule has 0 spiro atoms. The van der Waals surface area contributed by atoms with Crippen LogP contribution in [0.15, 0.2) is 9.95 Å². The molecule has 0 saturated carbocycles. The molecular formula is C9H17N3O2S. The Morgan fingerprint density at radius 3 is 3.07 bits per heavy atom. The van der Waals surface area contributed by atoms with E-state index in [1.807, 2.05) is 0 Å². The lowest BCUT2D eigenvalue weighted by atomic mass is 10.4. The fourth-order valence-corrected chi connectivity index (χ4v) is 2.00. The second kappa shape index (κ2) is 6.68. The topological polar surface area (TPSA) is 59.9 Å². The van der Waals surface area contributed by atoms with E-state index in [0.29, 0.717) is 13.2 Å². The van der Waals surface area contributed by atoms with Gasteiger partial charge in [-0.3, -0.25) is 4.57 Å². The average Bonchev–Trinajstić information content (AvgIpc) is 2.58. The summed E-state index contributed by atoms with van der Waals surface area (Å²) in [5, 5.41) is 7.22. The van der Waals surface area contributed by atoms with Crippen LogP contribution in [0.5, 0.6) is 0 Å². The van der Waals surface area contributed by atoms with Crippen LogP contribution >= 0.6 is 11.8 Å². The molecule has 0 aromatic carbocycles. The van der Waals surface area contributed by atoms with Gasteiger partial charge in [0.15, 0.2) is 5.16 Å². The molecule has 0 unspecified atom stereocenters. The minimum Gasteiger partial charge on any atom is -0.385 e. The predicted octanol–water partition coefficient (Wildman–Crippen LogP) is 1.11. The molecule has 6 heteroatoms. The summed E-state index contributed by atoms with van der Waals surface area (Å²) in [6, 6.07) is 0. The molecule has 1 aromatic heterocycles. The van der Waals surface area contributed by atoms with Gasteiger partial charge >= 0.3 is 5.69 Å². The molecule has 0 fully saturated rings. The zero-order valence-electron chi connectivity index (χ0n) is 9.15. The van der Waals surface area contributed by atoms with E-state index in [2.05, 4.69) is 17.1 Å². The number of hydrogen-bond donors (Lipinski definition) is 1. The highest BCUT2D eigenvalue weighted by Gasteiger charge is 2.07. The van der Waals surface area contributed by atoms with Crippen LogP contribution < -0.4 is 5.69 Å². The third-order valence-electron chi connectivity index (χ3n) is 1.89. The minimum absolute atomic E-state index is 0.135. The van der Waals surface area contributed by atoms with Crippen LogP contribution in [0.1, 0.15) is 19.8 Å². The lowest BCUT2D eigenvalue weighted by molar-refractivity contribution is 0.189. The van der Waals surface area contributed by atoms with Crippen molar-refractivity contribution in [1.82, 2.24) is 14.8 Å². The van der Waals surface area contributed by atoms with Crippen LogP contribution in [0.4, 0.5) is 0 Å². The van der Waals surface area contributed by atoms with Crippen molar-refractivity contribution in [3.8, 4) is 0 Å². The second-order valence-corrected chi connectivity index (χ2v) is 4.22. The van der Waals surface area contributed by atoms with Crippen molar-refractivity contribution in [3.05, 3.63) is 10.5 Å². The van der Waals surface area contributed by atoms with Crippen molar-refractivity contribution in [2.24, 2.45) is 0 Å². The van der Waals surface area contributed by atoms with E-state index in [1.165, 1.54) is 0 Å². The largest absolute Gasteiger partial charge is 0.385 e. The SMILES string of the molecule is CCCSc1n[nH]c(=O)n1CCCOC. The highest BCUT2D eigenvalue weighted by Crippen LogP contribution is 2.13. The standard InChI is InChI=1S/C9H17N3O2S/c1-3-7-15-9-11-10-8(13)12(9)5-4-6-14-2/h3-7H2,1-2H3,(H,10,13). The summed E-state index contributed by atoms with van der Waals surface area (Å²) in [4.78, 5) is 11.4. The Kier molecular flexibility index (Phi) is 5.49. The Hall–Kier alpha value is -0.750. The zero-order valence-corrected chi connectivity index (χ0v) is 9.97. The Bertz CT molecular complexity index is 334. The van der Waals surface area contributed by atoms with Gasteiger partial charge in [0, 0.05) is 26.0 Å². The van der Waals surface area contributed by atoms with Crippen molar-refractivity contribution in [2.45, 2.75) is 31.5 Å². The van der Waals surface area contributed by atoms with E-state index < -0.39 is 0 Å². The van der Waals surface area contributed by atoms with Gasteiger partial charge in [0.25, 0.3) is 0 Å². The number of methoxy groups -OCH3 is 1. The molecule has 1 rings (SSSR count). The van der Waals surface area contributed by atoms with Crippen molar-refractivity contribution in [3.63, 3.8) is 0 Å². The maximum absolute atomic E-state index is 11.4. The lowest BCUT2D eigenvalue weighted by Gasteiger charge is -2.03. The Morgan fingerprint density at radius 1 is 1.60 bits per heavy atom. The molecule has 0 aliphatic carbocycles. The highest BCUT2D eigenvalue weighted by molar-refractivity contribution is 7.99. The summed E-state index contributed by atoms with van der Waals surface area (Å²) in [5.74, 6) is 0.981. The van der Waals surface area contributed by atoms with E-state index in [1.54, 1.807) is 23.4 Å². The van der Waals surface area contributed by atoms with Gasteiger partial charge in [0.05, 0.1) is 0 Å². The molecule has 1 heterocycles. The fourth-order valence-electron chi connectivity index (χ4n) is 1.17. The number of rotatable bonds is 7. The maximum atomic E-state index is 11.4. The Balaban J connectivity index is 2.58. The number of hydrogen-bond acceptors (Lipinski definition) is 4. The van der Waals surface area contributed by atoms with Gasteiger partial charge in [-0.2, -0.15) is 0 Å². The van der Waals surface area contributed by atoms with Crippen molar-refractivity contribution >= 4 is 11.8 Å². The molecule has 0 aliphatic rings. The molecule has 0 saturated heterocycles. The van der Waals surface area contributed by atoms with E-state index in [4.69, 9.17) is 4.74 Å². The van der Waals surface area contributed by atoms with Gasteiger partial charge in [-0.05, 0) is 12.8 Å². The van der Waals surface area contributed by atoms with Crippen LogP contribution in [0.25, 0.3) is 0 Å². The van der Waals surface area contributed by atoms with Gasteiger partial charge < -0.3 is 4.74 Å². The first-order valence-corrected chi connectivity index (χ1v) is 6.05. The molecule has 1 aromatic rings. The zero-order chi connectivity index (χ0) is 11.1. The molecular weight excluding hydrogens is 214 g/mol. The molecule has 0 radical (unpaired) electrons. The van der Waals surface area contributed by atoms with Gasteiger partial charge in [0.2, 0.25) is 0 Å². The predicted molar refractivity (Wildman–Crippen MR) is 60.4 cm³/mol.